The van der Waals surface area contributed by atoms with Crippen LogP contribution in [0.5, 0.6) is 5.75 Å². The molecule has 3 heterocycles. The van der Waals surface area contributed by atoms with E-state index in [0.29, 0.717) is 16.2 Å². The van der Waals surface area contributed by atoms with E-state index >= 15 is 0 Å². The largest absolute Gasteiger partial charge is 0.472 e. The molecule has 4 N–H and O–H groups in total. The number of pyridine rings is 1. The number of ether oxygens (including phenoxy) is 1. The minimum atomic E-state index is -1.10. The number of primary amides is 1. The number of carbonyl (C=O) groups excluding carboxylic acids is 2. The van der Waals surface area contributed by atoms with E-state index in [1.54, 1.807) is 12.1 Å². The lowest BCUT2D eigenvalue weighted by Crippen LogP contribution is -2.52. The standard InChI is InChI=1S/C11H11BrN4O3/c12-7-2-1-6-9(15-7)16-10(18)11(19-6)3-5(8(13)17)14-4-11/h1-2,5,14H,3-4H2,(H2,13,17)(H,15,16,18)/t5-,11+/m0/s1. The van der Waals surface area contributed by atoms with Crippen molar-refractivity contribution in [1.29, 1.82) is 0 Å². The minimum absolute atomic E-state index is 0.212. The lowest BCUT2D eigenvalue weighted by Gasteiger charge is -2.33. The van der Waals surface area contributed by atoms with Crippen molar-refractivity contribution in [1.82, 2.24) is 10.3 Å². The van der Waals surface area contributed by atoms with Gasteiger partial charge < -0.3 is 21.1 Å². The lowest BCUT2D eigenvalue weighted by molar-refractivity contribution is -0.131. The molecule has 1 spiro atoms. The number of fused-ring (bicyclic) bond motifs is 1. The molecule has 0 saturated carbocycles. The average Bonchev–Trinajstić information content (AvgIpc) is 2.77. The molecule has 1 aromatic rings. The van der Waals surface area contributed by atoms with Crippen molar-refractivity contribution in [3.05, 3.63) is 16.7 Å². The number of amides is 2. The van der Waals surface area contributed by atoms with E-state index in [1.165, 1.54) is 0 Å². The van der Waals surface area contributed by atoms with Crippen LogP contribution in [0.15, 0.2) is 16.7 Å². The summed E-state index contributed by atoms with van der Waals surface area (Å²) in [5, 5.41) is 5.59. The van der Waals surface area contributed by atoms with Gasteiger partial charge in [0.1, 0.15) is 4.60 Å². The second kappa shape index (κ2) is 4.17. The second-order valence-corrected chi connectivity index (χ2v) is 5.38. The maximum absolute atomic E-state index is 12.2. The van der Waals surface area contributed by atoms with Crippen molar-refractivity contribution in [2.45, 2.75) is 18.1 Å². The van der Waals surface area contributed by atoms with Gasteiger partial charge in [-0.25, -0.2) is 4.98 Å². The number of hydrogen-bond donors (Lipinski definition) is 3. The van der Waals surface area contributed by atoms with Gasteiger partial charge >= 0.3 is 0 Å². The van der Waals surface area contributed by atoms with E-state index in [2.05, 4.69) is 31.5 Å². The topological polar surface area (TPSA) is 106 Å². The Labute approximate surface area is 117 Å². The molecule has 2 aliphatic rings. The maximum atomic E-state index is 12.2. The highest BCUT2D eigenvalue weighted by atomic mass is 79.9. The van der Waals surface area contributed by atoms with Crippen molar-refractivity contribution in [2.75, 3.05) is 11.9 Å². The normalized spacial score (nSPS) is 28.7. The molecule has 7 nitrogen and oxygen atoms in total. The molecular formula is C11H11BrN4O3. The number of nitrogens with two attached hydrogens (primary N) is 1. The monoisotopic (exact) mass is 326 g/mol. The van der Waals surface area contributed by atoms with Crippen LogP contribution in [0.3, 0.4) is 0 Å². The maximum Gasteiger partial charge on any atom is 0.271 e. The van der Waals surface area contributed by atoms with E-state index in [4.69, 9.17) is 10.5 Å². The number of nitrogens with one attached hydrogen (secondary N) is 2. The Morgan fingerprint density at radius 1 is 1.58 bits per heavy atom. The second-order valence-electron chi connectivity index (χ2n) is 4.57. The summed E-state index contributed by atoms with van der Waals surface area (Å²) in [7, 11) is 0. The first kappa shape index (κ1) is 12.4. The fourth-order valence-corrected chi connectivity index (χ4v) is 2.60. The highest BCUT2D eigenvalue weighted by molar-refractivity contribution is 9.10. The zero-order valence-electron chi connectivity index (χ0n) is 9.77. The number of anilines is 1. The molecule has 2 atom stereocenters. The third kappa shape index (κ3) is 1.96. The van der Waals surface area contributed by atoms with Crippen LogP contribution in [0.25, 0.3) is 0 Å². The Morgan fingerprint density at radius 2 is 2.37 bits per heavy atom. The number of carbonyl (C=O) groups is 2. The van der Waals surface area contributed by atoms with Gasteiger partial charge in [0.05, 0.1) is 6.04 Å². The summed E-state index contributed by atoms with van der Waals surface area (Å²) in [5.41, 5.74) is 4.15. The van der Waals surface area contributed by atoms with E-state index < -0.39 is 17.6 Å². The molecule has 0 unspecified atom stereocenters. The summed E-state index contributed by atoms with van der Waals surface area (Å²) < 4.78 is 6.36. The number of rotatable bonds is 1. The van der Waals surface area contributed by atoms with Crippen molar-refractivity contribution < 1.29 is 14.3 Å². The molecule has 8 heteroatoms. The molecule has 0 radical (unpaired) electrons. The molecule has 0 aliphatic carbocycles. The summed E-state index contributed by atoms with van der Waals surface area (Å²) >= 11 is 3.22. The zero-order valence-corrected chi connectivity index (χ0v) is 11.4. The van der Waals surface area contributed by atoms with Gasteiger partial charge in [-0.2, -0.15) is 0 Å². The van der Waals surface area contributed by atoms with Crippen molar-refractivity contribution in [2.24, 2.45) is 5.73 Å². The van der Waals surface area contributed by atoms with E-state index in [9.17, 15) is 9.59 Å². The highest BCUT2D eigenvalue weighted by Crippen LogP contribution is 2.37. The molecule has 1 aromatic heterocycles. The first-order chi connectivity index (χ1) is 9.00. The Balaban J connectivity index is 1.92. The molecule has 2 aliphatic heterocycles. The number of aromatic nitrogens is 1. The zero-order chi connectivity index (χ0) is 13.6. The molecule has 1 saturated heterocycles. The van der Waals surface area contributed by atoms with Gasteiger partial charge in [0, 0.05) is 13.0 Å². The van der Waals surface area contributed by atoms with Crippen LogP contribution in [0.1, 0.15) is 6.42 Å². The van der Waals surface area contributed by atoms with Gasteiger partial charge in [0.25, 0.3) is 5.91 Å². The summed E-state index contributed by atoms with van der Waals surface area (Å²) in [6, 6.07) is 2.87. The summed E-state index contributed by atoms with van der Waals surface area (Å²) in [6.45, 7) is 0.238. The Hall–Kier alpha value is -1.67. The molecule has 2 amide bonds. The number of hydrogen-bond acceptors (Lipinski definition) is 5. The third-order valence-electron chi connectivity index (χ3n) is 3.29. The van der Waals surface area contributed by atoms with Crippen LogP contribution in [-0.4, -0.2) is 35.0 Å². The fourth-order valence-electron chi connectivity index (χ4n) is 2.29. The van der Waals surface area contributed by atoms with Crippen LogP contribution >= 0.6 is 15.9 Å². The number of nitrogens with zero attached hydrogens (tertiary/aromatic N) is 1. The number of halogens is 1. The van der Waals surface area contributed by atoms with Crippen LogP contribution in [0.4, 0.5) is 5.82 Å². The van der Waals surface area contributed by atoms with Crippen LogP contribution < -0.4 is 21.1 Å². The van der Waals surface area contributed by atoms with Gasteiger partial charge in [-0.15, -0.1) is 0 Å². The van der Waals surface area contributed by atoms with Gasteiger partial charge in [0.2, 0.25) is 11.5 Å². The first-order valence-corrected chi connectivity index (χ1v) is 6.49. The SMILES string of the molecule is NC(=O)[C@@H]1C[C@]2(CN1)Oc1ccc(Br)nc1NC2=O. The van der Waals surface area contributed by atoms with Crippen molar-refractivity contribution in [3.8, 4) is 5.75 Å². The Bertz CT molecular complexity index is 579. The van der Waals surface area contributed by atoms with E-state index in [1.807, 2.05) is 0 Å². The van der Waals surface area contributed by atoms with Gasteiger partial charge in [-0.3, -0.25) is 9.59 Å². The predicted octanol–water partition coefficient (Wildman–Crippen LogP) is -0.239. The van der Waals surface area contributed by atoms with Crippen molar-refractivity contribution in [3.63, 3.8) is 0 Å². The summed E-state index contributed by atoms with van der Waals surface area (Å²) in [5.74, 6) is 0.0390. The fraction of sp³-hybridized carbons (Fsp3) is 0.364. The van der Waals surface area contributed by atoms with Crippen LogP contribution in [-0.2, 0) is 9.59 Å². The summed E-state index contributed by atoms with van der Waals surface area (Å²) in [6.07, 6.45) is 0.212. The molecule has 0 aromatic carbocycles. The predicted molar refractivity (Wildman–Crippen MR) is 69.5 cm³/mol. The molecule has 19 heavy (non-hydrogen) atoms. The molecular weight excluding hydrogens is 316 g/mol. The quantitative estimate of drug-likeness (QED) is 0.617. The third-order valence-corrected chi connectivity index (χ3v) is 3.73. The van der Waals surface area contributed by atoms with Crippen LogP contribution in [0, 0.1) is 0 Å². The van der Waals surface area contributed by atoms with E-state index in [0.717, 1.165) is 0 Å². The van der Waals surface area contributed by atoms with Gasteiger partial charge in [-0.05, 0) is 28.1 Å². The lowest BCUT2D eigenvalue weighted by atomic mass is 9.97. The summed E-state index contributed by atoms with van der Waals surface area (Å²) in [4.78, 5) is 27.5. The molecule has 3 rings (SSSR count). The van der Waals surface area contributed by atoms with Crippen LogP contribution in [0.2, 0.25) is 0 Å². The van der Waals surface area contributed by atoms with Gasteiger partial charge in [-0.1, -0.05) is 0 Å². The molecule has 0 bridgehead atoms. The molecule has 1 fully saturated rings. The minimum Gasteiger partial charge on any atom is -0.472 e. The smallest absolute Gasteiger partial charge is 0.271 e. The Kier molecular flexibility index (Phi) is 2.72. The average molecular weight is 327 g/mol. The first-order valence-electron chi connectivity index (χ1n) is 5.70. The van der Waals surface area contributed by atoms with Gasteiger partial charge in [0.15, 0.2) is 11.6 Å². The Morgan fingerprint density at radius 3 is 3.05 bits per heavy atom. The highest BCUT2D eigenvalue weighted by Gasteiger charge is 2.51. The molecule has 100 valence electrons. The van der Waals surface area contributed by atoms with E-state index in [-0.39, 0.29) is 18.9 Å². The van der Waals surface area contributed by atoms with Crippen molar-refractivity contribution >= 4 is 33.6 Å².